The van der Waals surface area contributed by atoms with Crippen molar-refractivity contribution >= 4 is 22.0 Å². The molecule has 0 amide bonds. The second-order valence-corrected chi connectivity index (χ2v) is 4.37. The van der Waals surface area contributed by atoms with Crippen LogP contribution in [-0.2, 0) is 0 Å². The van der Waals surface area contributed by atoms with Gasteiger partial charge in [-0.25, -0.2) is 9.37 Å². The van der Waals surface area contributed by atoms with Crippen molar-refractivity contribution in [2.24, 2.45) is 0 Å². The predicted molar refractivity (Wildman–Crippen MR) is 71.3 cm³/mol. The molecule has 4 rings (SSSR count). The number of hydrogen-bond acceptors (Lipinski definition) is 2. The highest BCUT2D eigenvalue weighted by atomic mass is 19.1. The van der Waals surface area contributed by atoms with Crippen LogP contribution in [0.25, 0.3) is 33.6 Å². The normalized spacial score (nSPS) is 11.4. The number of rotatable bonds is 1. The van der Waals surface area contributed by atoms with Crippen LogP contribution >= 0.6 is 0 Å². The van der Waals surface area contributed by atoms with Gasteiger partial charge in [0.15, 0.2) is 17.4 Å². The minimum atomic E-state index is -0.337. The molecule has 2 aromatic carbocycles. The van der Waals surface area contributed by atoms with Crippen LogP contribution in [0, 0.1) is 5.82 Å². The van der Waals surface area contributed by atoms with Crippen LogP contribution in [0.4, 0.5) is 4.39 Å². The van der Waals surface area contributed by atoms with Crippen molar-refractivity contribution in [2.75, 3.05) is 0 Å². The van der Waals surface area contributed by atoms with Crippen molar-refractivity contribution in [3.8, 4) is 11.6 Å². The quantitative estimate of drug-likeness (QED) is 0.553. The molecule has 0 atom stereocenters. The van der Waals surface area contributed by atoms with Crippen molar-refractivity contribution in [3.05, 3.63) is 54.3 Å². The zero-order chi connectivity index (χ0) is 12.8. The number of nitrogens with one attached hydrogen (secondary N) is 1. The molecule has 0 aliphatic rings. The summed E-state index contributed by atoms with van der Waals surface area (Å²) in [6.07, 6.45) is 0. The Morgan fingerprint density at radius 3 is 2.79 bits per heavy atom. The van der Waals surface area contributed by atoms with Crippen LogP contribution in [0.2, 0.25) is 0 Å². The summed E-state index contributed by atoms with van der Waals surface area (Å²) in [5.41, 5.74) is 1.78. The summed E-state index contributed by atoms with van der Waals surface area (Å²) < 4.78 is 19.3. The number of para-hydroxylation sites is 2. The number of halogens is 1. The summed E-state index contributed by atoms with van der Waals surface area (Å²) in [4.78, 5) is 7.32. The SMILES string of the molecule is Fc1cccc2[nH]c(-c3cc4ccccc4o3)nc12. The van der Waals surface area contributed by atoms with Gasteiger partial charge in [0.05, 0.1) is 5.52 Å². The molecule has 0 radical (unpaired) electrons. The van der Waals surface area contributed by atoms with E-state index in [4.69, 9.17) is 4.42 Å². The van der Waals surface area contributed by atoms with Crippen molar-refractivity contribution in [3.63, 3.8) is 0 Å². The largest absolute Gasteiger partial charge is 0.453 e. The number of benzene rings is 2. The van der Waals surface area contributed by atoms with Crippen LogP contribution in [0.5, 0.6) is 0 Å². The van der Waals surface area contributed by atoms with Gasteiger partial charge in [-0.05, 0) is 24.3 Å². The minimum Gasteiger partial charge on any atom is -0.453 e. The summed E-state index contributed by atoms with van der Waals surface area (Å²) in [5, 5.41) is 0.999. The number of imidazole rings is 1. The molecule has 0 unspecified atom stereocenters. The van der Waals surface area contributed by atoms with E-state index in [1.807, 2.05) is 30.3 Å². The van der Waals surface area contributed by atoms with Gasteiger partial charge in [-0.1, -0.05) is 24.3 Å². The number of furan rings is 1. The van der Waals surface area contributed by atoms with Crippen molar-refractivity contribution in [2.45, 2.75) is 0 Å². The molecule has 0 aliphatic carbocycles. The van der Waals surface area contributed by atoms with Gasteiger partial charge in [-0.2, -0.15) is 0 Å². The van der Waals surface area contributed by atoms with E-state index in [1.54, 1.807) is 12.1 Å². The molecule has 92 valence electrons. The highest BCUT2D eigenvalue weighted by Crippen LogP contribution is 2.27. The molecule has 4 aromatic rings. The maximum Gasteiger partial charge on any atom is 0.174 e. The molecule has 2 heterocycles. The fourth-order valence-corrected chi connectivity index (χ4v) is 2.21. The van der Waals surface area contributed by atoms with E-state index in [9.17, 15) is 4.39 Å². The highest BCUT2D eigenvalue weighted by Gasteiger charge is 2.12. The van der Waals surface area contributed by atoms with Crippen LogP contribution in [0.3, 0.4) is 0 Å². The second kappa shape index (κ2) is 3.68. The monoisotopic (exact) mass is 252 g/mol. The van der Waals surface area contributed by atoms with E-state index < -0.39 is 0 Å². The fourth-order valence-electron chi connectivity index (χ4n) is 2.21. The van der Waals surface area contributed by atoms with Gasteiger partial charge in [-0.3, -0.25) is 0 Å². The minimum absolute atomic E-state index is 0.331. The molecular formula is C15H9FN2O. The van der Waals surface area contributed by atoms with Gasteiger partial charge in [0.25, 0.3) is 0 Å². The van der Waals surface area contributed by atoms with Crippen LogP contribution in [0.15, 0.2) is 52.9 Å². The number of nitrogens with zero attached hydrogens (tertiary/aromatic N) is 1. The first-order chi connectivity index (χ1) is 9.31. The maximum atomic E-state index is 13.6. The standard InChI is InChI=1S/C15H9FN2O/c16-10-5-3-6-11-14(10)18-15(17-11)13-8-9-4-1-2-7-12(9)19-13/h1-8H,(H,17,18). The lowest BCUT2D eigenvalue weighted by molar-refractivity contribution is 0.625. The zero-order valence-corrected chi connectivity index (χ0v) is 9.85. The van der Waals surface area contributed by atoms with Crippen molar-refractivity contribution in [1.29, 1.82) is 0 Å². The first kappa shape index (κ1) is 10.3. The van der Waals surface area contributed by atoms with Gasteiger partial charge in [0.1, 0.15) is 11.1 Å². The van der Waals surface area contributed by atoms with E-state index in [1.165, 1.54) is 6.07 Å². The Kier molecular flexibility index (Phi) is 2.00. The van der Waals surface area contributed by atoms with E-state index >= 15 is 0 Å². The average Bonchev–Trinajstić information content (AvgIpc) is 3.02. The van der Waals surface area contributed by atoms with Gasteiger partial charge < -0.3 is 9.40 Å². The average molecular weight is 252 g/mol. The van der Waals surface area contributed by atoms with Gasteiger partial charge in [0.2, 0.25) is 0 Å². The van der Waals surface area contributed by atoms with Crippen molar-refractivity contribution in [1.82, 2.24) is 9.97 Å². The number of hydrogen-bond donors (Lipinski definition) is 1. The number of aromatic nitrogens is 2. The van der Waals surface area contributed by atoms with Gasteiger partial charge >= 0.3 is 0 Å². The Hall–Kier alpha value is -2.62. The van der Waals surface area contributed by atoms with Gasteiger partial charge in [0, 0.05) is 5.39 Å². The summed E-state index contributed by atoms with van der Waals surface area (Å²) in [5.74, 6) is 0.809. The fraction of sp³-hybridized carbons (Fsp3) is 0. The third kappa shape index (κ3) is 1.53. The van der Waals surface area contributed by atoms with E-state index in [2.05, 4.69) is 9.97 Å². The topological polar surface area (TPSA) is 41.8 Å². The number of fused-ring (bicyclic) bond motifs is 2. The van der Waals surface area contributed by atoms with Crippen LogP contribution < -0.4 is 0 Å². The summed E-state index contributed by atoms with van der Waals surface area (Å²) in [7, 11) is 0. The Morgan fingerprint density at radius 2 is 1.95 bits per heavy atom. The molecule has 3 nitrogen and oxygen atoms in total. The molecule has 1 N–H and O–H groups in total. The molecule has 0 spiro atoms. The predicted octanol–water partition coefficient (Wildman–Crippen LogP) is 4.12. The molecule has 4 heteroatoms. The lowest BCUT2D eigenvalue weighted by Crippen LogP contribution is -1.76. The Labute approximate surface area is 107 Å². The van der Waals surface area contributed by atoms with E-state index in [-0.39, 0.29) is 5.82 Å². The summed E-state index contributed by atoms with van der Waals surface area (Å²) >= 11 is 0. The smallest absolute Gasteiger partial charge is 0.174 e. The molecule has 0 fully saturated rings. The second-order valence-electron chi connectivity index (χ2n) is 4.37. The molecule has 0 aliphatic heterocycles. The van der Waals surface area contributed by atoms with Crippen LogP contribution in [-0.4, -0.2) is 9.97 Å². The lowest BCUT2D eigenvalue weighted by atomic mass is 10.2. The highest BCUT2D eigenvalue weighted by molar-refractivity contribution is 5.84. The third-order valence-electron chi connectivity index (χ3n) is 3.12. The summed E-state index contributed by atoms with van der Waals surface area (Å²) in [6.45, 7) is 0. The molecular weight excluding hydrogens is 243 g/mol. The molecule has 19 heavy (non-hydrogen) atoms. The summed E-state index contributed by atoms with van der Waals surface area (Å²) in [6, 6.07) is 14.4. The lowest BCUT2D eigenvalue weighted by Gasteiger charge is -1.87. The molecule has 0 saturated heterocycles. The van der Waals surface area contributed by atoms with Gasteiger partial charge in [-0.15, -0.1) is 0 Å². The van der Waals surface area contributed by atoms with E-state index in [0.717, 1.165) is 11.0 Å². The molecule has 0 bridgehead atoms. The maximum absolute atomic E-state index is 13.6. The third-order valence-corrected chi connectivity index (χ3v) is 3.12. The first-order valence-corrected chi connectivity index (χ1v) is 5.94. The zero-order valence-electron chi connectivity index (χ0n) is 9.85. The Morgan fingerprint density at radius 1 is 1.05 bits per heavy atom. The molecule has 0 saturated carbocycles. The number of H-pyrrole nitrogens is 1. The van der Waals surface area contributed by atoms with Crippen LogP contribution in [0.1, 0.15) is 0 Å². The first-order valence-electron chi connectivity index (χ1n) is 5.94. The van der Waals surface area contributed by atoms with E-state index in [0.29, 0.717) is 22.6 Å². The Balaban J connectivity index is 1.96. The number of aromatic amines is 1. The molecule has 2 aromatic heterocycles. The Bertz CT molecular complexity index is 858. The van der Waals surface area contributed by atoms with Crippen molar-refractivity contribution < 1.29 is 8.81 Å².